The summed E-state index contributed by atoms with van der Waals surface area (Å²) in [5.74, 6) is -0.801. The van der Waals surface area contributed by atoms with Crippen LogP contribution in [-0.4, -0.2) is 29.6 Å². The van der Waals surface area contributed by atoms with Gasteiger partial charge < -0.3 is 21.5 Å². The Labute approximate surface area is 146 Å². The van der Waals surface area contributed by atoms with E-state index >= 15 is 0 Å². The molecule has 0 saturated heterocycles. The molecule has 0 aliphatic heterocycles. The normalized spacial score (nSPS) is 11.1. The van der Waals surface area contributed by atoms with Gasteiger partial charge >= 0.3 is 0 Å². The zero-order valence-corrected chi connectivity index (χ0v) is 14.0. The first-order valence-electron chi connectivity index (χ1n) is 7.15. The summed E-state index contributed by atoms with van der Waals surface area (Å²) in [6.07, 6.45) is 0. The number of amides is 2. The van der Waals surface area contributed by atoms with Crippen LogP contribution in [0, 0.1) is 6.92 Å². The lowest BCUT2D eigenvalue weighted by Gasteiger charge is -2.15. The Kier molecular flexibility index (Phi) is 7.38. The molecule has 128 valence electrons. The Balaban J connectivity index is 0.00000288. The summed E-state index contributed by atoms with van der Waals surface area (Å²) in [5, 5.41) is 14.3. The minimum Gasteiger partial charge on any atom is -0.394 e. The molecule has 6 nitrogen and oxygen atoms in total. The van der Waals surface area contributed by atoms with E-state index in [0.717, 1.165) is 5.56 Å². The molecule has 0 saturated carbocycles. The van der Waals surface area contributed by atoms with Gasteiger partial charge in [0.25, 0.3) is 5.91 Å². The van der Waals surface area contributed by atoms with E-state index < -0.39 is 18.6 Å². The predicted octanol–water partition coefficient (Wildman–Crippen LogP) is 1.93. The van der Waals surface area contributed by atoms with Crippen LogP contribution in [-0.2, 0) is 4.79 Å². The van der Waals surface area contributed by atoms with E-state index in [0.29, 0.717) is 16.9 Å². The average molecular weight is 350 g/mol. The molecule has 0 unspecified atom stereocenters. The van der Waals surface area contributed by atoms with Crippen molar-refractivity contribution in [3.63, 3.8) is 0 Å². The fraction of sp³-hybridized carbons (Fsp3) is 0.176. The molecular formula is C17H20ClN3O3. The molecule has 0 heterocycles. The molecule has 2 aromatic carbocycles. The molecule has 0 radical (unpaired) electrons. The number of aliphatic hydroxyl groups is 1. The van der Waals surface area contributed by atoms with Crippen molar-refractivity contribution in [1.29, 1.82) is 0 Å². The summed E-state index contributed by atoms with van der Waals surface area (Å²) < 4.78 is 0. The van der Waals surface area contributed by atoms with Crippen molar-refractivity contribution in [3.8, 4) is 0 Å². The maximum absolute atomic E-state index is 12.2. The van der Waals surface area contributed by atoms with Gasteiger partial charge in [0.2, 0.25) is 5.91 Å². The minimum atomic E-state index is -1.02. The lowest BCUT2D eigenvalue weighted by Crippen LogP contribution is -2.38. The highest BCUT2D eigenvalue weighted by atomic mass is 35.5. The number of carbonyl (C=O) groups excluding carboxylic acids is 2. The molecule has 0 spiro atoms. The Hall–Kier alpha value is -2.41. The van der Waals surface area contributed by atoms with E-state index in [1.165, 1.54) is 0 Å². The van der Waals surface area contributed by atoms with Crippen molar-refractivity contribution in [2.75, 3.05) is 17.2 Å². The number of hydrogen-bond donors (Lipinski definition) is 4. The lowest BCUT2D eigenvalue weighted by molar-refractivity contribution is -0.118. The molecule has 0 aliphatic carbocycles. The largest absolute Gasteiger partial charge is 0.394 e. The molecule has 0 aromatic heterocycles. The van der Waals surface area contributed by atoms with E-state index in [1.54, 1.807) is 36.4 Å². The maximum Gasteiger partial charge on any atom is 0.255 e. The number of halogens is 1. The number of aliphatic hydroxyl groups excluding tert-OH is 1. The summed E-state index contributed by atoms with van der Waals surface area (Å²) in [6.45, 7) is 1.41. The fourth-order valence-corrected chi connectivity index (χ4v) is 1.96. The second kappa shape index (κ2) is 9.02. The van der Waals surface area contributed by atoms with Gasteiger partial charge in [0.05, 0.1) is 18.0 Å². The van der Waals surface area contributed by atoms with Crippen LogP contribution in [0.4, 0.5) is 11.4 Å². The highest BCUT2D eigenvalue weighted by Gasteiger charge is 2.15. The zero-order chi connectivity index (χ0) is 16.8. The van der Waals surface area contributed by atoms with Gasteiger partial charge in [-0.15, -0.1) is 12.4 Å². The van der Waals surface area contributed by atoms with Crippen LogP contribution < -0.4 is 16.4 Å². The van der Waals surface area contributed by atoms with Gasteiger partial charge in [-0.3, -0.25) is 9.59 Å². The first-order chi connectivity index (χ1) is 11.0. The summed E-state index contributed by atoms with van der Waals surface area (Å²) in [4.78, 5) is 24.1. The highest BCUT2D eigenvalue weighted by Crippen LogP contribution is 2.24. The van der Waals surface area contributed by atoms with Crippen LogP contribution in [0.3, 0.4) is 0 Å². The SMILES string of the molecule is Cc1ccc(NC(=O)c2ccccc2)c(NC(=O)[C@H](N)CO)c1.Cl. The number of hydrogen-bond acceptors (Lipinski definition) is 4. The van der Waals surface area contributed by atoms with Gasteiger partial charge in [-0.05, 0) is 36.8 Å². The van der Waals surface area contributed by atoms with Gasteiger partial charge in [-0.25, -0.2) is 0 Å². The van der Waals surface area contributed by atoms with Crippen LogP contribution in [0.5, 0.6) is 0 Å². The topological polar surface area (TPSA) is 104 Å². The van der Waals surface area contributed by atoms with Crippen LogP contribution in [0.15, 0.2) is 48.5 Å². The smallest absolute Gasteiger partial charge is 0.255 e. The van der Waals surface area contributed by atoms with E-state index in [1.807, 2.05) is 19.1 Å². The minimum absolute atomic E-state index is 0. The Morgan fingerprint density at radius 2 is 1.75 bits per heavy atom. The Bertz CT molecular complexity index is 707. The molecule has 7 heteroatoms. The number of nitrogens with two attached hydrogens (primary N) is 1. The second-order valence-electron chi connectivity index (χ2n) is 5.15. The molecule has 5 N–H and O–H groups in total. The fourth-order valence-electron chi connectivity index (χ4n) is 1.96. The number of rotatable bonds is 5. The highest BCUT2D eigenvalue weighted by molar-refractivity contribution is 6.07. The molecule has 24 heavy (non-hydrogen) atoms. The van der Waals surface area contributed by atoms with Crippen LogP contribution in [0.2, 0.25) is 0 Å². The molecule has 0 fully saturated rings. The lowest BCUT2D eigenvalue weighted by atomic mass is 10.1. The average Bonchev–Trinajstić information content (AvgIpc) is 2.57. The summed E-state index contributed by atoms with van der Waals surface area (Å²) in [6, 6.07) is 13.0. The number of nitrogens with one attached hydrogen (secondary N) is 2. The summed E-state index contributed by atoms with van der Waals surface area (Å²) in [5.41, 5.74) is 7.81. The number of benzene rings is 2. The zero-order valence-electron chi connectivity index (χ0n) is 13.2. The van der Waals surface area contributed by atoms with Gasteiger partial charge in [-0.2, -0.15) is 0 Å². The summed E-state index contributed by atoms with van der Waals surface area (Å²) in [7, 11) is 0. The molecule has 1 atom stereocenters. The number of carbonyl (C=O) groups is 2. The van der Waals surface area contributed by atoms with Crippen LogP contribution in [0.25, 0.3) is 0 Å². The maximum atomic E-state index is 12.2. The molecule has 0 bridgehead atoms. The molecular weight excluding hydrogens is 330 g/mol. The summed E-state index contributed by atoms with van der Waals surface area (Å²) >= 11 is 0. The van der Waals surface area contributed by atoms with E-state index in [4.69, 9.17) is 10.8 Å². The first kappa shape index (κ1) is 19.6. The Morgan fingerprint density at radius 3 is 2.38 bits per heavy atom. The quantitative estimate of drug-likeness (QED) is 0.662. The van der Waals surface area contributed by atoms with Crippen molar-refractivity contribution in [2.24, 2.45) is 5.73 Å². The van der Waals surface area contributed by atoms with Gasteiger partial charge in [0.15, 0.2) is 0 Å². The third-order valence-corrected chi connectivity index (χ3v) is 3.25. The van der Waals surface area contributed by atoms with Crippen molar-refractivity contribution < 1.29 is 14.7 Å². The van der Waals surface area contributed by atoms with Crippen molar-refractivity contribution in [2.45, 2.75) is 13.0 Å². The van der Waals surface area contributed by atoms with E-state index in [-0.39, 0.29) is 18.3 Å². The third-order valence-electron chi connectivity index (χ3n) is 3.25. The molecule has 2 aromatic rings. The Morgan fingerprint density at radius 1 is 1.08 bits per heavy atom. The molecule has 2 amide bonds. The van der Waals surface area contributed by atoms with Gasteiger partial charge in [0, 0.05) is 5.56 Å². The second-order valence-corrected chi connectivity index (χ2v) is 5.15. The van der Waals surface area contributed by atoms with Gasteiger partial charge in [0.1, 0.15) is 6.04 Å². The molecule has 2 rings (SSSR count). The number of anilines is 2. The number of aryl methyl sites for hydroxylation is 1. The van der Waals surface area contributed by atoms with Crippen LogP contribution in [0.1, 0.15) is 15.9 Å². The molecule has 0 aliphatic rings. The first-order valence-corrected chi connectivity index (χ1v) is 7.15. The van der Waals surface area contributed by atoms with E-state index in [9.17, 15) is 9.59 Å². The monoisotopic (exact) mass is 349 g/mol. The van der Waals surface area contributed by atoms with Gasteiger partial charge in [-0.1, -0.05) is 24.3 Å². The van der Waals surface area contributed by atoms with Crippen molar-refractivity contribution in [1.82, 2.24) is 0 Å². The van der Waals surface area contributed by atoms with E-state index in [2.05, 4.69) is 10.6 Å². The van der Waals surface area contributed by atoms with Crippen molar-refractivity contribution in [3.05, 3.63) is 59.7 Å². The van der Waals surface area contributed by atoms with Crippen molar-refractivity contribution >= 4 is 35.6 Å². The van der Waals surface area contributed by atoms with Crippen LogP contribution >= 0.6 is 12.4 Å². The standard InChI is InChI=1S/C17H19N3O3.ClH/c1-11-7-8-14(15(9-11)20-17(23)13(18)10-21)19-16(22)12-5-3-2-4-6-12;/h2-9,13,21H,10,18H2,1H3,(H,19,22)(H,20,23);1H/t13-;/m1./s1. The predicted molar refractivity (Wildman–Crippen MR) is 96.5 cm³/mol. The third kappa shape index (κ3) is 5.06.